The number of amides is 2. The maximum Gasteiger partial charge on any atom is 0.317 e. The van der Waals surface area contributed by atoms with E-state index in [1.165, 1.54) is 0 Å². The Kier molecular flexibility index (Phi) is 7.22. The maximum absolute atomic E-state index is 12.0. The Morgan fingerprint density at radius 3 is 2.89 bits per heavy atom. The molecule has 1 heterocycles. The van der Waals surface area contributed by atoms with Gasteiger partial charge in [-0.05, 0) is 0 Å². The van der Waals surface area contributed by atoms with Crippen molar-refractivity contribution >= 4 is 34.6 Å². The molecule has 110 valence electrons. The summed E-state index contributed by atoms with van der Waals surface area (Å²) in [7, 11) is -0.898. The largest absolute Gasteiger partial charge is 0.481 e. The van der Waals surface area contributed by atoms with Gasteiger partial charge in [0.05, 0.1) is 12.5 Å². The zero-order valence-electron chi connectivity index (χ0n) is 11.0. The van der Waals surface area contributed by atoms with Crippen LogP contribution in [0, 0.1) is 0 Å². The molecule has 0 bridgehead atoms. The van der Waals surface area contributed by atoms with Crippen LogP contribution in [-0.2, 0) is 15.6 Å². The smallest absolute Gasteiger partial charge is 0.317 e. The van der Waals surface area contributed by atoms with Gasteiger partial charge in [0.2, 0.25) is 0 Å². The number of nitrogens with zero attached hydrogens (tertiary/aromatic N) is 1. The number of thioether (sulfide) groups is 1. The summed E-state index contributed by atoms with van der Waals surface area (Å²) in [5.74, 6) is 1.61. The number of carboxylic acid groups (broad SMARTS) is 1. The van der Waals surface area contributed by atoms with Crippen LogP contribution in [0.25, 0.3) is 0 Å². The predicted octanol–water partition coefficient (Wildman–Crippen LogP) is 0.357. The van der Waals surface area contributed by atoms with Crippen LogP contribution in [0.3, 0.4) is 0 Å². The van der Waals surface area contributed by atoms with Crippen LogP contribution in [0.2, 0.25) is 0 Å². The highest BCUT2D eigenvalue weighted by atomic mass is 32.2. The van der Waals surface area contributed by atoms with Gasteiger partial charge < -0.3 is 15.3 Å². The standard InChI is InChI=1S/C11H20N2O4S2/c1-2-19(17)6-3-12-11(16)13-4-5-18-8-9(13)7-10(14)15/h9H,2-8H2,1H3,(H,12,16)(H,14,15). The van der Waals surface area contributed by atoms with Crippen molar-refractivity contribution in [3.8, 4) is 0 Å². The van der Waals surface area contributed by atoms with Crippen molar-refractivity contribution in [2.75, 3.05) is 36.1 Å². The van der Waals surface area contributed by atoms with E-state index >= 15 is 0 Å². The Balaban J connectivity index is 2.43. The van der Waals surface area contributed by atoms with E-state index in [9.17, 15) is 13.8 Å². The van der Waals surface area contributed by atoms with Gasteiger partial charge in [0.1, 0.15) is 0 Å². The molecule has 2 N–H and O–H groups in total. The second kappa shape index (κ2) is 8.42. The van der Waals surface area contributed by atoms with E-state index < -0.39 is 16.8 Å². The van der Waals surface area contributed by atoms with E-state index in [0.717, 1.165) is 5.75 Å². The van der Waals surface area contributed by atoms with Gasteiger partial charge in [-0.15, -0.1) is 0 Å². The van der Waals surface area contributed by atoms with E-state index in [-0.39, 0.29) is 18.5 Å². The second-order valence-corrected chi connectivity index (χ2v) is 7.20. The molecule has 1 aliphatic heterocycles. The number of nitrogens with one attached hydrogen (secondary N) is 1. The topological polar surface area (TPSA) is 86.7 Å². The van der Waals surface area contributed by atoms with Crippen LogP contribution < -0.4 is 5.32 Å². The first kappa shape index (κ1) is 16.3. The van der Waals surface area contributed by atoms with Crippen molar-refractivity contribution in [3.63, 3.8) is 0 Å². The van der Waals surface area contributed by atoms with Crippen LogP contribution in [0.5, 0.6) is 0 Å². The first-order chi connectivity index (χ1) is 9.04. The van der Waals surface area contributed by atoms with Crippen LogP contribution in [-0.4, -0.2) is 68.4 Å². The third-order valence-corrected chi connectivity index (χ3v) is 5.22. The number of carboxylic acids is 1. The van der Waals surface area contributed by atoms with Crippen molar-refractivity contribution in [2.24, 2.45) is 0 Å². The third kappa shape index (κ3) is 5.82. The summed E-state index contributed by atoms with van der Waals surface area (Å²) in [6.45, 7) is 2.76. The number of hydrogen-bond acceptors (Lipinski definition) is 4. The van der Waals surface area contributed by atoms with Gasteiger partial charge in [0.15, 0.2) is 0 Å². The molecule has 0 saturated carbocycles. The summed E-state index contributed by atoms with van der Waals surface area (Å²) >= 11 is 1.66. The summed E-state index contributed by atoms with van der Waals surface area (Å²) in [6, 6.07) is -0.507. The van der Waals surface area contributed by atoms with E-state index in [1.54, 1.807) is 16.7 Å². The molecule has 1 saturated heterocycles. The molecule has 2 atom stereocenters. The van der Waals surface area contributed by atoms with Crippen LogP contribution in [0.4, 0.5) is 4.79 Å². The third-order valence-electron chi connectivity index (χ3n) is 2.83. The lowest BCUT2D eigenvalue weighted by atomic mass is 10.2. The Hall–Kier alpha value is -0.760. The predicted molar refractivity (Wildman–Crippen MR) is 77.0 cm³/mol. The number of aliphatic carboxylic acids is 1. The highest BCUT2D eigenvalue weighted by molar-refractivity contribution is 7.99. The molecule has 0 aromatic rings. The second-order valence-electron chi connectivity index (χ2n) is 4.18. The molecule has 2 amide bonds. The van der Waals surface area contributed by atoms with Crippen LogP contribution in [0.15, 0.2) is 0 Å². The highest BCUT2D eigenvalue weighted by Crippen LogP contribution is 2.18. The van der Waals surface area contributed by atoms with Gasteiger partial charge in [-0.1, -0.05) is 6.92 Å². The molecule has 0 aromatic carbocycles. The molecular weight excluding hydrogens is 288 g/mol. The van der Waals surface area contributed by atoms with Crippen molar-refractivity contribution in [1.82, 2.24) is 10.2 Å². The van der Waals surface area contributed by atoms with Gasteiger partial charge in [-0.2, -0.15) is 11.8 Å². The van der Waals surface area contributed by atoms with E-state index in [4.69, 9.17) is 5.11 Å². The lowest BCUT2D eigenvalue weighted by molar-refractivity contribution is -0.137. The lowest BCUT2D eigenvalue weighted by Gasteiger charge is -2.34. The number of carbonyl (C=O) groups is 2. The maximum atomic E-state index is 12.0. The molecule has 0 aliphatic carbocycles. The summed E-state index contributed by atoms with van der Waals surface area (Å²) < 4.78 is 11.2. The minimum atomic E-state index is -0.898. The number of hydrogen-bond donors (Lipinski definition) is 2. The van der Waals surface area contributed by atoms with Gasteiger partial charge in [0, 0.05) is 46.9 Å². The summed E-state index contributed by atoms with van der Waals surface area (Å²) in [5.41, 5.74) is 0. The molecule has 1 aliphatic rings. The first-order valence-corrected chi connectivity index (χ1v) is 8.87. The minimum Gasteiger partial charge on any atom is -0.481 e. The number of carbonyl (C=O) groups excluding carboxylic acids is 1. The Labute approximate surface area is 119 Å². The quantitative estimate of drug-likeness (QED) is 0.740. The lowest BCUT2D eigenvalue weighted by Crippen LogP contribution is -2.51. The van der Waals surface area contributed by atoms with E-state index in [0.29, 0.717) is 30.3 Å². The Morgan fingerprint density at radius 2 is 2.26 bits per heavy atom. The normalized spacial score (nSPS) is 20.9. The van der Waals surface area contributed by atoms with Gasteiger partial charge in [-0.3, -0.25) is 9.00 Å². The molecule has 8 heteroatoms. The van der Waals surface area contributed by atoms with Crippen molar-refractivity contribution in [1.29, 1.82) is 0 Å². The first-order valence-electron chi connectivity index (χ1n) is 6.23. The van der Waals surface area contributed by atoms with Crippen LogP contribution in [0.1, 0.15) is 13.3 Å². The van der Waals surface area contributed by atoms with E-state index in [2.05, 4.69) is 5.32 Å². The summed E-state index contributed by atoms with van der Waals surface area (Å²) in [5, 5.41) is 11.6. The zero-order chi connectivity index (χ0) is 14.3. The number of urea groups is 1. The fraction of sp³-hybridized carbons (Fsp3) is 0.818. The van der Waals surface area contributed by atoms with Crippen molar-refractivity contribution in [3.05, 3.63) is 0 Å². The number of rotatable bonds is 6. The summed E-state index contributed by atoms with van der Waals surface area (Å²) in [4.78, 5) is 24.3. The molecule has 19 heavy (non-hydrogen) atoms. The molecule has 0 aromatic heterocycles. The Morgan fingerprint density at radius 1 is 1.53 bits per heavy atom. The molecule has 1 fully saturated rings. The monoisotopic (exact) mass is 308 g/mol. The average molecular weight is 308 g/mol. The molecule has 0 spiro atoms. The molecule has 2 unspecified atom stereocenters. The molecular formula is C11H20N2O4S2. The van der Waals surface area contributed by atoms with Crippen LogP contribution >= 0.6 is 11.8 Å². The molecule has 1 rings (SSSR count). The summed E-state index contributed by atoms with van der Waals surface area (Å²) in [6.07, 6.45) is -0.0265. The minimum absolute atomic E-state index is 0.0265. The highest BCUT2D eigenvalue weighted by Gasteiger charge is 2.28. The van der Waals surface area contributed by atoms with Crippen molar-refractivity contribution in [2.45, 2.75) is 19.4 Å². The SMILES string of the molecule is CCS(=O)CCNC(=O)N1CCSCC1CC(=O)O. The van der Waals surface area contributed by atoms with E-state index in [1.807, 2.05) is 6.92 Å². The van der Waals surface area contributed by atoms with Crippen molar-refractivity contribution < 1.29 is 18.9 Å². The average Bonchev–Trinajstić information content (AvgIpc) is 2.38. The Bertz CT molecular complexity index is 352. The van der Waals surface area contributed by atoms with Gasteiger partial charge in [0.25, 0.3) is 0 Å². The van der Waals surface area contributed by atoms with Gasteiger partial charge >= 0.3 is 12.0 Å². The molecule has 6 nitrogen and oxygen atoms in total. The molecule has 0 radical (unpaired) electrons. The van der Waals surface area contributed by atoms with Gasteiger partial charge in [-0.25, -0.2) is 4.79 Å². The zero-order valence-corrected chi connectivity index (χ0v) is 12.6. The fourth-order valence-corrected chi connectivity index (χ4v) is 3.49. The fourth-order valence-electron chi connectivity index (χ4n) is 1.81.